The number of ether oxygens (including phenoxy) is 1. The molecule has 1 aromatic carbocycles. The summed E-state index contributed by atoms with van der Waals surface area (Å²) in [6.07, 6.45) is 0.709. The quantitative estimate of drug-likeness (QED) is 0.885. The number of hydrogen-bond acceptors (Lipinski definition) is 5. The normalized spacial score (nSPS) is 10.9. The van der Waals surface area contributed by atoms with E-state index in [0.29, 0.717) is 34.8 Å². The average Bonchev–Trinajstić information content (AvgIpc) is 2.83. The van der Waals surface area contributed by atoms with Crippen LogP contribution in [0.3, 0.4) is 0 Å². The molecule has 0 unspecified atom stereocenters. The highest BCUT2D eigenvalue weighted by atomic mass is 35.5. The molecule has 1 aromatic heterocycles. The summed E-state index contributed by atoms with van der Waals surface area (Å²) in [5, 5.41) is 4.24. The summed E-state index contributed by atoms with van der Waals surface area (Å²) in [5.74, 6) is 1.13. The summed E-state index contributed by atoms with van der Waals surface area (Å²) in [4.78, 5) is 15.6. The third-order valence-electron chi connectivity index (χ3n) is 2.66. The van der Waals surface area contributed by atoms with E-state index in [0.717, 1.165) is 0 Å². The number of aromatic nitrogens is 2. The number of carbonyl (C=O) groups is 1. The van der Waals surface area contributed by atoms with Gasteiger partial charge in [0.15, 0.2) is 6.61 Å². The van der Waals surface area contributed by atoms with Gasteiger partial charge in [-0.25, -0.2) is 0 Å². The molecule has 112 valence electrons. The number of halogens is 1. The first kappa shape index (κ1) is 15.3. The molecule has 1 amide bonds. The highest BCUT2D eigenvalue weighted by Gasteiger charge is 2.13. The van der Waals surface area contributed by atoms with E-state index in [1.807, 2.05) is 0 Å². The number of nitrogens with two attached hydrogens (primary N) is 1. The van der Waals surface area contributed by atoms with Crippen LogP contribution >= 0.6 is 11.6 Å². The Morgan fingerprint density at radius 1 is 1.48 bits per heavy atom. The van der Waals surface area contributed by atoms with Crippen molar-refractivity contribution in [3.05, 3.63) is 40.5 Å². The molecule has 0 aliphatic heterocycles. The Balaban J connectivity index is 2.06. The second-order valence-corrected chi connectivity index (χ2v) is 5.43. The fourth-order valence-electron chi connectivity index (χ4n) is 1.74. The third kappa shape index (κ3) is 4.19. The minimum Gasteiger partial charge on any atom is -0.485 e. The monoisotopic (exact) mass is 309 g/mol. The number of benzene rings is 1. The van der Waals surface area contributed by atoms with Gasteiger partial charge in [-0.1, -0.05) is 30.6 Å². The minimum absolute atomic E-state index is 0.0868. The molecule has 0 atom stereocenters. The van der Waals surface area contributed by atoms with Crippen molar-refractivity contribution in [1.82, 2.24) is 10.1 Å². The van der Waals surface area contributed by atoms with E-state index in [4.69, 9.17) is 26.6 Å². The topological polar surface area (TPSA) is 91.2 Å². The van der Waals surface area contributed by atoms with Gasteiger partial charge in [0.25, 0.3) is 5.91 Å². The van der Waals surface area contributed by atoms with Crippen LogP contribution in [0.25, 0.3) is 0 Å². The summed E-state index contributed by atoms with van der Waals surface area (Å²) in [6, 6.07) is 4.65. The maximum Gasteiger partial charge on any atom is 0.252 e. The van der Waals surface area contributed by atoms with Crippen LogP contribution in [-0.2, 0) is 13.0 Å². The lowest BCUT2D eigenvalue weighted by molar-refractivity contribution is 0.0995. The smallest absolute Gasteiger partial charge is 0.252 e. The van der Waals surface area contributed by atoms with E-state index >= 15 is 0 Å². The molecule has 0 spiro atoms. The van der Waals surface area contributed by atoms with Crippen molar-refractivity contribution in [3.63, 3.8) is 0 Å². The van der Waals surface area contributed by atoms with Crippen LogP contribution in [0.4, 0.5) is 0 Å². The Kier molecular flexibility index (Phi) is 4.80. The maximum atomic E-state index is 11.3. The minimum atomic E-state index is -0.610. The molecule has 0 radical (unpaired) electrons. The standard InChI is InChI=1S/C14H16ClN3O3/c1-8(2)5-13-17-12(18-21-13)7-20-11-4-3-9(15)6-10(11)14(16)19/h3-4,6,8H,5,7H2,1-2H3,(H2,16,19). The number of carbonyl (C=O) groups excluding carboxylic acids is 1. The lowest BCUT2D eigenvalue weighted by atomic mass is 10.1. The lowest BCUT2D eigenvalue weighted by Gasteiger charge is -2.07. The molecule has 7 heteroatoms. The van der Waals surface area contributed by atoms with Crippen LogP contribution < -0.4 is 10.5 Å². The number of nitrogens with zero attached hydrogens (tertiary/aromatic N) is 2. The summed E-state index contributed by atoms with van der Waals surface area (Å²) < 4.78 is 10.6. The predicted octanol–water partition coefficient (Wildman–Crippen LogP) is 2.60. The number of hydrogen-bond donors (Lipinski definition) is 1. The van der Waals surface area contributed by atoms with Gasteiger partial charge in [0.05, 0.1) is 5.56 Å². The van der Waals surface area contributed by atoms with Crippen molar-refractivity contribution in [1.29, 1.82) is 0 Å². The second-order valence-electron chi connectivity index (χ2n) is 5.00. The Labute approximate surface area is 127 Å². The van der Waals surface area contributed by atoms with Crippen molar-refractivity contribution in [2.24, 2.45) is 11.7 Å². The van der Waals surface area contributed by atoms with Gasteiger partial charge in [0, 0.05) is 11.4 Å². The van der Waals surface area contributed by atoms with E-state index in [9.17, 15) is 4.79 Å². The summed E-state index contributed by atoms with van der Waals surface area (Å²) in [6.45, 7) is 4.21. The molecule has 0 saturated heterocycles. The van der Waals surface area contributed by atoms with Crippen molar-refractivity contribution in [3.8, 4) is 5.75 Å². The fourth-order valence-corrected chi connectivity index (χ4v) is 1.92. The van der Waals surface area contributed by atoms with Gasteiger partial charge < -0.3 is 15.0 Å². The van der Waals surface area contributed by atoms with Crippen LogP contribution in [0, 0.1) is 5.92 Å². The largest absolute Gasteiger partial charge is 0.485 e. The van der Waals surface area contributed by atoms with E-state index in [1.54, 1.807) is 12.1 Å². The van der Waals surface area contributed by atoms with Crippen molar-refractivity contribution in [2.45, 2.75) is 26.9 Å². The van der Waals surface area contributed by atoms with Gasteiger partial charge >= 0.3 is 0 Å². The van der Waals surface area contributed by atoms with Gasteiger partial charge in [-0.05, 0) is 24.1 Å². The van der Waals surface area contributed by atoms with E-state index < -0.39 is 5.91 Å². The van der Waals surface area contributed by atoms with Crippen molar-refractivity contribution < 1.29 is 14.1 Å². The molecular formula is C14H16ClN3O3. The van der Waals surface area contributed by atoms with Crippen molar-refractivity contribution >= 4 is 17.5 Å². The zero-order chi connectivity index (χ0) is 15.4. The molecule has 2 rings (SSSR count). The summed E-state index contributed by atoms with van der Waals surface area (Å²) in [7, 11) is 0. The maximum absolute atomic E-state index is 11.3. The molecule has 0 fully saturated rings. The second kappa shape index (κ2) is 6.58. The average molecular weight is 310 g/mol. The Morgan fingerprint density at radius 2 is 2.24 bits per heavy atom. The highest BCUT2D eigenvalue weighted by Crippen LogP contribution is 2.23. The van der Waals surface area contributed by atoms with Crippen molar-refractivity contribution in [2.75, 3.05) is 0 Å². The summed E-state index contributed by atoms with van der Waals surface area (Å²) in [5.41, 5.74) is 5.50. The number of primary amides is 1. The van der Waals surface area contributed by atoms with Crippen LogP contribution in [-0.4, -0.2) is 16.0 Å². The van der Waals surface area contributed by atoms with Crippen LogP contribution in [0.5, 0.6) is 5.75 Å². The first-order valence-electron chi connectivity index (χ1n) is 6.49. The predicted molar refractivity (Wildman–Crippen MR) is 77.1 cm³/mol. The molecule has 21 heavy (non-hydrogen) atoms. The molecule has 0 saturated carbocycles. The van der Waals surface area contributed by atoms with Gasteiger partial charge in [-0.15, -0.1) is 0 Å². The lowest BCUT2D eigenvalue weighted by Crippen LogP contribution is -2.13. The Hall–Kier alpha value is -2.08. The highest BCUT2D eigenvalue weighted by molar-refractivity contribution is 6.31. The zero-order valence-corrected chi connectivity index (χ0v) is 12.6. The molecule has 2 aromatic rings. The number of rotatable bonds is 6. The fraction of sp³-hybridized carbons (Fsp3) is 0.357. The van der Waals surface area contributed by atoms with Gasteiger partial charge in [-0.3, -0.25) is 4.79 Å². The molecule has 0 aliphatic carbocycles. The third-order valence-corrected chi connectivity index (χ3v) is 2.89. The first-order chi connectivity index (χ1) is 9.95. The van der Waals surface area contributed by atoms with Crippen LogP contribution in [0.2, 0.25) is 5.02 Å². The molecule has 1 heterocycles. The molecule has 0 bridgehead atoms. The van der Waals surface area contributed by atoms with E-state index in [1.165, 1.54) is 6.07 Å². The van der Waals surface area contributed by atoms with E-state index in [-0.39, 0.29) is 12.2 Å². The van der Waals surface area contributed by atoms with E-state index in [2.05, 4.69) is 24.0 Å². The summed E-state index contributed by atoms with van der Waals surface area (Å²) >= 11 is 5.83. The molecular weight excluding hydrogens is 294 g/mol. The van der Waals surface area contributed by atoms with Crippen LogP contribution in [0.1, 0.15) is 35.9 Å². The van der Waals surface area contributed by atoms with Gasteiger partial charge in [-0.2, -0.15) is 4.98 Å². The molecule has 0 aliphatic rings. The SMILES string of the molecule is CC(C)Cc1nc(COc2ccc(Cl)cc2C(N)=O)no1. The number of amides is 1. The Morgan fingerprint density at radius 3 is 2.90 bits per heavy atom. The molecule has 2 N–H and O–H groups in total. The van der Waals surface area contributed by atoms with Crippen LogP contribution in [0.15, 0.2) is 22.7 Å². The zero-order valence-electron chi connectivity index (χ0n) is 11.8. The first-order valence-corrected chi connectivity index (χ1v) is 6.87. The molecule has 6 nitrogen and oxygen atoms in total. The van der Waals surface area contributed by atoms with Gasteiger partial charge in [0.2, 0.25) is 11.7 Å². The van der Waals surface area contributed by atoms with Gasteiger partial charge in [0.1, 0.15) is 5.75 Å². The Bertz CT molecular complexity index is 640.